The van der Waals surface area contributed by atoms with Crippen molar-refractivity contribution < 1.29 is 34.7 Å². The molecular weight excluding hydrogens is 256 g/mol. The van der Waals surface area contributed by atoms with E-state index in [0.29, 0.717) is 6.42 Å². The van der Waals surface area contributed by atoms with Gasteiger partial charge in [0.25, 0.3) is 0 Å². The van der Waals surface area contributed by atoms with Crippen LogP contribution in [0.3, 0.4) is 0 Å². The van der Waals surface area contributed by atoms with Gasteiger partial charge in [0.1, 0.15) is 6.10 Å². The van der Waals surface area contributed by atoms with Crippen molar-refractivity contribution in [3.05, 3.63) is 0 Å². The summed E-state index contributed by atoms with van der Waals surface area (Å²) in [6, 6.07) is 0. The van der Waals surface area contributed by atoms with Crippen LogP contribution in [0, 0.1) is 0 Å². The summed E-state index contributed by atoms with van der Waals surface area (Å²) in [6.45, 7) is 1.92. The molecule has 0 bridgehead atoms. The molecule has 1 fully saturated rings. The molecule has 0 spiro atoms. The van der Waals surface area contributed by atoms with Crippen LogP contribution in [0.1, 0.15) is 32.6 Å². The van der Waals surface area contributed by atoms with Crippen molar-refractivity contribution in [2.45, 2.75) is 63.3 Å². The average Bonchev–Trinajstić information content (AvgIpc) is 2.30. The third-order valence-electron chi connectivity index (χ3n) is 3.05. The number of ether oxygens (including phenoxy) is 2. The van der Waals surface area contributed by atoms with Crippen LogP contribution in [0.15, 0.2) is 0 Å². The molecule has 0 aromatic heterocycles. The fraction of sp³-hybridized carbons (Fsp3) is 0.917. The number of carbonyl (C=O) groups excluding carboxylic acids is 1. The molecule has 1 saturated heterocycles. The highest BCUT2D eigenvalue weighted by molar-refractivity contribution is 5.64. The van der Waals surface area contributed by atoms with Gasteiger partial charge in [0.15, 0.2) is 6.29 Å². The number of aliphatic hydroxyl groups is 3. The lowest BCUT2D eigenvalue weighted by Crippen LogP contribution is -2.47. The van der Waals surface area contributed by atoms with Gasteiger partial charge in [-0.25, -0.2) is 0 Å². The van der Waals surface area contributed by atoms with Crippen molar-refractivity contribution >= 4 is 5.97 Å². The van der Waals surface area contributed by atoms with E-state index < -0.39 is 43.1 Å². The third kappa shape index (κ3) is 5.84. The van der Waals surface area contributed by atoms with E-state index in [1.54, 1.807) is 6.92 Å². The Bertz CT molecular complexity index is 283. The van der Waals surface area contributed by atoms with E-state index in [4.69, 9.17) is 9.47 Å². The molecule has 0 aliphatic carbocycles. The molecule has 19 heavy (non-hydrogen) atoms. The molecule has 7 heteroatoms. The van der Waals surface area contributed by atoms with Gasteiger partial charge in [-0.2, -0.15) is 0 Å². The maximum absolute atomic E-state index is 10.2. The SMILES string of the molecule is C[C@@H]1O[C@@H](OCCC[C@@H](O)CC(=O)[O-])[C@H](O)C[C@H]1O. The van der Waals surface area contributed by atoms with E-state index in [2.05, 4.69) is 0 Å². The molecule has 0 radical (unpaired) electrons. The van der Waals surface area contributed by atoms with Gasteiger partial charge in [-0.05, 0) is 19.8 Å². The molecular formula is C12H21O7-. The predicted molar refractivity (Wildman–Crippen MR) is 61.8 cm³/mol. The molecule has 5 atom stereocenters. The van der Waals surface area contributed by atoms with E-state index in [-0.39, 0.29) is 19.4 Å². The Morgan fingerprint density at radius 1 is 1.47 bits per heavy atom. The van der Waals surface area contributed by atoms with Crippen LogP contribution in [-0.4, -0.2) is 58.6 Å². The zero-order chi connectivity index (χ0) is 14.4. The number of aliphatic hydroxyl groups excluding tert-OH is 3. The van der Waals surface area contributed by atoms with Gasteiger partial charge in [0.05, 0.1) is 18.3 Å². The molecule has 3 N–H and O–H groups in total. The molecule has 1 aliphatic heterocycles. The summed E-state index contributed by atoms with van der Waals surface area (Å²) in [4.78, 5) is 10.2. The second-order valence-electron chi connectivity index (χ2n) is 4.82. The number of rotatable bonds is 7. The molecule has 7 nitrogen and oxygen atoms in total. The van der Waals surface area contributed by atoms with Crippen LogP contribution in [0.25, 0.3) is 0 Å². The fourth-order valence-corrected chi connectivity index (χ4v) is 1.91. The molecule has 0 unspecified atom stereocenters. The van der Waals surface area contributed by atoms with E-state index in [1.165, 1.54) is 0 Å². The quantitative estimate of drug-likeness (QED) is 0.467. The van der Waals surface area contributed by atoms with Gasteiger partial charge in [0, 0.05) is 25.4 Å². The number of aliphatic carboxylic acids is 1. The molecule has 0 amide bonds. The Morgan fingerprint density at radius 3 is 2.79 bits per heavy atom. The largest absolute Gasteiger partial charge is 0.550 e. The lowest BCUT2D eigenvalue weighted by atomic mass is 10.0. The van der Waals surface area contributed by atoms with Gasteiger partial charge in [-0.3, -0.25) is 0 Å². The molecule has 1 rings (SSSR count). The standard InChI is InChI=1S/C12H22O7/c1-7-9(14)6-10(15)12(19-7)18-4-2-3-8(13)5-11(16)17/h7-10,12-15H,2-6H2,1H3,(H,16,17)/p-1/t7-,8+,9+,10+,12+/m0/s1. The second kappa shape index (κ2) is 7.76. The summed E-state index contributed by atoms with van der Waals surface area (Å²) < 4.78 is 10.6. The first-order valence-corrected chi connectivity index (χ1v) is 6.41. The van der Waals surface area contributed by atoms with Crippen LogP contribution in [-0.2, 0) is 14.3 Å². The topological polar surface area (TPSA) is 119 Å². The van der Waals surface area contributed by atoms with Crippen molar-refractivity contribution in [3.8, 4) is 0 Å². The summed E-state index contributed by atoms with van der Waals surface area (Å²) in [5, 5.41) is 38.6. The first kappa shape index (κ1) is 16.3. The third-order valence-corrected chi connectivity index (χ3v) is 3.05. The maximum atomic E-state index is 10.2. The number of hydrogen-bond acceptors (Lipinski definition) is 7. The maximum Gasteiger partial charge on any atom is 0.183 e. The van der Waals surface area contributed by atoms with Crippen molar-refractivity contribution in [3.63, 3.8) is 0 Å². The van der Waals surface area contributed by atoms with Crippen LogP contribution in [0.4, 0.5) is 0 Å². The van der Waals surface area contributed by atoms with Gasteiger partial charge in [0.2, 0.25) is 0 Å². The van der Waals surface area contributed by atoms with E-state index in [9.17, 15) is 25.2 Å². The number of carboxylic acid groups (broad SMARTS) is 1. The van der Waals surface area contributed by atoms with E-state index in [0.717, 1.165) is 0 Å². The first-order valence-electron chi connectivity index (χ1n) is 6.41. The lowest BCUT2D eigenvalue weighted by Gasteiger charge is -2.35. The Hall–Kier alpha value is -0.730. The van der Waals surface area contributed by atoms with E-state index in [1.807, 2.05) is 0 Å². The summed E-state index contributed by atoms with van der Waals surface area (Å²) in [5.41, 5.74) is 0. The van der Waals surface area contributed by atoms with Gasteiger partial charge in [-0.1, -0.05) is 0 Å². The molecule has 0 aromatic carbocycles. The number of carbonyl (C=O) groups is 1. The Balaban J connectivity index is 2.17. The summed E-state index contributed by atoms with van der Waals surface area (Å²) in [6.07, 6.45) is -3.24. The minimum atomic E-state index is -1.29. The number of hydrogen-bond donors (Lipinski definition) is 3. The van der Waals surface area contributed by atoms with Gasteiger partial charge < -0.3 is 34.7 Å². The van der Waals surface area contributed by atoms with Crippen LogP contribution in [0.2, 0.25) is 0 Å². The minimum Gasteiger partial charge on any atom is -0.550 e. The van der Waals surface area contributed by atoms with Crippen molar-refractivity contribution in [1.29, 1.82) is 0 Å². The predicted octanol–water partition coefficient (Wildman–Crippen LogP) is -1.86. The highest BCUT2D eigenvalue weighted by atomic mass is 16.7. The first-order chi connectivity index (χ1) is 8.90. The fourth-order valence-electron chi connectivity index (χ4n) is 1.91. The molecule has 0 aromatic rings. The smallest absolute Gasteiger partial charge is 0.183 e. The van der Waals surface area contributed by atoms with Crippen LogP contribution in [0.5, 0.6) is 0 Å². The molecule has 112 valence electrons. The Labute approximate surface area is 111 Å². The van der Waals surface area contributed by atoms with E-state index >= 15 is 0 Å². The molecule has 0 saturated carbocycles. The lowest BCUT2D eigenvalue weighted by molar-refractivity contribution is -0.307. The number of carboxylic acids is 1. The summed E-state index contributed by atoms with van der Waals surface area (Å²) in [5.74, 6) is -1.29. The average molecular weight is 277 g/mol. The Morgan fingerprint density at radius 2 is 2.16 bits per heavy atom. The van der Waals surface area contributed by atoms with Gasteiger partial charge in [-0.15, -0.1) is 0 Å². The van der Waals surface area contributed by atoms with Gasteiger partial charge >= 0.3 is 0 Å². The monoisotopic (exact) mass is 277 g/mol. The van der Waals surface area contributed by atoms with Crippen LogP contribution >= 0.6 is 0 Å². The second-order valence-corrected chi connectivity index (χ2v) is 4.82. The normalized spacial score (nSPS) is 33.1. The van der Waals surface area contributed by atoms with Crippen molar-refractivity contribution in [2.24, 2.45) is 0 Å². The zero-order valence-electron chi connectivity index (χ0n) is 10.9. The molecule has 1 aliphatic rings. The Kier molecular flexibility index (Phi) is 6.67. The van der Waals surface area contributed by atoms with Crippen molar-refractivity contribution in [1.82, 2.24) is 0 Å². The molecule has 1 heterocycles. The highest BCUT2D eigenvalue weighted by Crippen LogP contribution is 2.21. The summed E-state index contributed by atoms with van der Waals surface area (Å²) >= 11 is 0. The minimum absolute atomic E-state index is 0.194. The highest BCUT2D eigenvalue weighted by Gasteiger charge is 2.34. The summed E-state index contributed by atoms with van der Waals surface area (Å²) in [7, 11) is 0. The van der Waals surface area contributed by atoms with Crippen molar-refractivity contribution in [2.75, 3.05) is 6.61 Å². The zero-order valence-corrected chi connectivity index (χ0v) is 10.9. The van der Waals surface area contributed by atoms with Crippen LogP contribution < -0.4 is 5.11 Å².